The molecule has 2 unspecified atom stereocenters. The Balaban J connectivity index is 1.80. The van der Waals surface area contributed by atoms with Crippen molar-refractivity contribution in [3.8, 4) is 23.0 Å². The first-order chi connectivity index (χ1) is 41.0. The quantitative estimate of drug-likeness (QED) is 0.0326. The molecular formula is C78H126O5. The van der Waals surface area contributed by atoms with Crippen LogP contribution in [0.1, 0.15) is 333 Å². The summed E-state index contributed by atoms with van der Waals surface area (Å²) in [7, 11) is 0. The molecule has 468 valence electrons. The highest BCUT2D eigenvalue weighted by Crippen LogP contribution is 2.51. The Morgan fingerprint density at radius 1 is 0.265 bits per heavy atom. The highest BCUT2D eigenvalue weighted by molar-refractivity contribution is 5.49. The first-order valence-electron chi connectivity index (χ1n) is 35.7. The molecule has 4 aromatic carbocycles. The number of ether oxygens (including phenoxy) is 5. The fourth-order valence-electron chi connectivity index (χ4n) is 12.5. The molecule has 0 aliphatic rings. The van der Waals surface area contributed by atoms with Gasteiger partial charge < -0.3 is 23.7 Å². The third kappa shape index (κ3) is 29.5. The molecule has 0 N–H and O–H groups in total. The molecule has 0 bridgehead atoms. The molecule has 0 spiro atoms. The molecule has 0 aliphatic heterocycles. The van der Waals surface area contributed by atoms with Crippen molar-refractivity contribution in [2.45, 2.75) is 336 Å². The zero-order chi connectivity index (χ0) is 59.0. The smallest absolute Gasteiger partial charge is 0.201 e. The minimum Gasteiger partial charge on any atom is -0.457 e. The van der Waals surface area contributed by atoms with E-state index in [9.17, 15) is 0 Å². The van der Waals surface area contributed by atoms with Crippen LogP contribution in [0.5, 0.6) is 23.0 Å². The van der Waals surface area contributed by atoms with E-state index in [1.807, 2.05) is 0 Å². The predicted molar refractivity (Wildman–Crippen MR) is 358 cm³/mol. The van der Waals surface area contributed by atoms with Crippen LogP contribution in [0.4, 0.5) is 0 Å². The summed E-state index contributed by atoms with van der Waals surface area (Å²) in [5.41, 5.74) is 4.33. The van der Waals surface area contributed by atoms with Crippen LogP contribution in [0.25, 0.3) is 0 Å². The van der Waals surface area contributed by atoms with E-state index in [1.165, 1.54) is 229 Å². The van der Waals surface area contributed by atoms with Gasteiger partial charge in [-0.1, -0.05) is 320 Å². The lowest BCUT2D eigenvalue weighted by Crippen LogP contribution is -2.45. The van der Waals surface area contributed by atoms with Crippen LogP contribution >= 0.6 is 0 Å². The Morgan fingerprint density at radius 2 is 0.530 bits per heavy atom. The van der Waals surface area contributed by atoms with E-state index >= 15 is 0 Å². The molecule has 0 fully saturated rings. The van der Waals surface area contributed by atoms with Gasteiger partial charge in [0.1, 0.15) is 23.0 Å². The van der Waals surface area contributed by atoms with Gasteiger partial charge in [-0.05, 0) is 99.9 Å². The lowest BCUT2D eigenvalue weighted by Gasteiger charge is -2.45. The van der Waals surface area contributed by atoms with Gasteiger partial charge in [0.2, 0.25) is 11.6 Å². The number of hydrogen-bond acceptors (Lipinski definition) is 5. The standard InChI is InChI=1S/C78H126O5/c1-7-13-17-21-25-27-29-31-33-35-37-39-43-53-67-77(79-11-5,73-65-55-59-69(57-47-41-23-19-15-9-3)75(73)81-71-61-49-45-50-62-71)83-78(80-12-6,68-54-44-40-38-36-34-32-30-28-26-22-18-14-8-2)74-66-56-60-70(58-48-42-24-20-16-10-4)76(74)82-72-63-51-46-52-64-72/h45-46,49-52,55-56,59-66H,7-44,47-48,53-54,57-58,67-68H2,1-6H3. The molecule has 0 saturated carbocycles. The van der Waals surface area contributed by atoms with E-state index in [0.717, 1.165) is 85.5 Å². The van der Waals surface area contributed by atoms with E-state index < -0.39 is 11.6 Å². The minimum atomic E-state index is -1.21. The minimum absolute atomic E-state index is 0.470. The van der Waals surface area contributed by atoms with Gasteiger partial charge in [-0.3, -0.25) is 0 Å². The average molecular weight is 1140 g/mol. The van der Waals surface area contributed by atoms with Crippen molar-refractivity contribution < 1.29 is 23.7 Å². The lowest BCUT2D eigenvalue weighted by atomic mass is 9.90. The van der Waals surface area contributed by atoms with Gasteiger partial charge in [0.25, 0.3) is 0 Å². The van der Waals surface area contributed by atoms with Gasteiger partial charge in [0.05, 0.1) is 11.1 Å². The summed E-state index contributed by atoms with van der Waals surface area (Å²) in [5.74, 6) is 0.960. The van der Waals surface area contributed by atoms with Gasteiger partial charge in [-0.25, -0.2) is 0 Å². The SMILES string of the molecule is CCCCCCCCCCCCCCCCC(OCC)(OC(CCCCCCCCCCCCCCCC)(OCC)c1cccc(CCCCCCCC)c1Oc1ccccc1)c1cccc(CCCCCCCC)c1Oc1ccccc1. The molecule has 83 heavy (non-hydrogen) atoms. The second-order valence-electron chi connectivity index (χ2n) is 24.6. The topological polar surface area (TPSA) is 46.2 Å². The fourth-order valence-corrected chi connectivity index (χ4v) is 12.5. The van der Waals surface area contributed by atoms with Crippen molar-refractivity contribution in [3.05, 3.63) is 119 Å². The zero-order valence-corrected chi connectivity index (χ0v) is 54.8. The molecule has 0 aliphatic carbocycles. The van der Waals surface area contributed by atoms with Gasteiger partial charge in [0.15, 0.2) is 0 Å². The van der Waals surface area contributed by atoms with Crippen LogP contribution < -0.4 is 9.47 Å². The Hall–Kier alpha value is -3.64. The summed E-state index contributed by atoms with van der Waals surface area (Å²) in [6.45, 7) is 14.4. The Bertz CT molecular complexity index is 1950. The molecule has 5 heteroatoms. The summed E-state index contributed by atoms with van der Waals surface area (Å²) in [4.78, 5) is 0. The highest BCUT2D eigenvalue weighted by atomic mass is 16.8. The third-order valence-electron chi connectivity index (χ3n) is 17.3. The second-order valence-corrected chi connectivity index (χ2v) is 24.6. The van der Waals surface area contributed by atoms with Crippen LogP contribution in [0, 0.1) is 0 Å². The fraction of sp³-hybridized carbons (Fsp3) is 0.692. The molecule has 4 rings (SSSR count). The van der Waals surface area contributed by atoms with Crippen molar-refractivity contribution in [1.82, 2.24) is 0 Å². The number of para-hydroxylation sites is 4. The van der Waals surface area contributed by atoms with Gasteiger partial charge in [-0.2, -0.15) is 0 Å². The molecule has 5 nitrogen and oxygen atoms in total. The maximum atomic E-state index is 8.31. The Morgan fingerprint density at radius 3 is 0.807 bits per heavy atom. The predicted octanol–water partition coefficient (Wildman–Crippen LogP) is 25.9. The van der Waals surface area contributed by atoms with Crippen LogP contribution in [0.3, 0.4) is 0 Å². The molecule has 0 amide bonds. The van der Waals surface area contributed by atoms with Gasteiger partial charge >= 0.3 is 0 Å². The number of aryl methyl sites for hydroxylation is 2. The molecule has 0 aromatic heterocycles. The maximum Gasteiger partial charge on any atom is 0.201 e. The summed E-state index contributed by atoms with van der Waals surface area (Å²) in [6, 6.07) is 34.4. The van der Waals surface area contributed by atoms with Crippen molar-refractivity contribution in [2.24, 2.45) is 0 Å². The van der Waals surface area contributed by atoms with E-state index in [1.54, 1.807) is 0 Å². The average Bonchev–Trinajstić information content (AvgIpc) is 3.55. The first kappa shape index (κ1) is 71.8. The largest absolute Gasteiger partial charge is 0.457 e. The first-order valence-corrected chi connectivity index (χ1v) is 35.7. The normalized spacial score (nSPS) is 13.1. The third-order valence-corrected chi connectivity index (χ3v) is 17.3. The molecule has 0 heterocycles. The molecule has 0 saturated heterocycles. The number of unbranched alkanes of at least 4 members (excludes halogenated alkanes) is 36. The number of benzene rings is 4. The lowest BCUT2D eigenvalue weighted by molar-refractivity contribution is -0.379. The highest BCUT2D eigenvalue weighted by Gasteiger charge is 2.49. The Kier molecular flexibility index (Phi) is 41.1. The number of hydrogen-bond donors (Lipinski definition) is 0. The van der Waals surface area contributed by atoms with E-state index in [0.29, 0.717) is 26.1 Å². The van der Waals surface area contributed by atoms with E-state index in [2.05, 4.69) is 139 Å². The molecule has 0 radical (unpaired) electrons. The van der Waals surface area contributed by atoms with Gasteiger partial charge in [0, 0.05) is 26.1 Å². The molecule has 2 atom stereocenters. The van der Waals surface area contributed by atoms with Crippen LogP contribution in [0.2, 0.25) is 0 Å². The number of rotatable bonds is 56. The van der Waals surface area contributed by atoms with Crippen molar-refractivity contribution in [1.29, 1.82) is 0 Å². The van der Waals surface area contributed by atoms with Crippen molar-refractivity contribution in [3.63, 3.8) is 0 Å². The second kappa shape index (κ2) is 47.5. The summed E-state index contributed by atoms with van der Waals surface area (Å²) < 4.78 is 37.7. The van der Waals surface area contributed by atoms with E-state index in [4.69, 9.17) is 23.7 Å². The van der Waals surface area contributed by atoms with Crippen LogP contribution in [-0.2, 0) is 38.6 Å². The Labute approximate surface area is 512 Å². The monoisotopic (exact) mass is 1140 g/mol. The van der Waals surface area contributed by atoms with Gasteiger partial charge in [-0.15, -0.1) is 0 Å². The maximum absolute atomic E-state index is 8.31. The molecular weight excluding hydrogens is 1020 g/mol. The van der Waals surface area contributed by atoms with E-state index in [-0.39, 0.29) is 0 Å². The summed E-state index contributed by atoms with van der Waals surface area (Å²) in [6.07, 6.45) is 54.5. The summed E-state index contributed by atoms with van der Waals surface area (Å²) >= 11 is 0. The van der Waals surface area contributed by atoms with Crippen LogP contribution in [0.15, 0.2) is 97.1 Å². The van der Waals surface area contributed by atoms with Crippen molar-refractivity contribution in [2.75, 3.05) is 13.2 Å². The van der Waals surface area contributed by atoms with Crippen LogP contribution in [-0.4, -0.2) is 13.2 Å². The summed E-state index contributed by atoms with van der Waals surface area (Å²) in [5, 5.41) is 0. The van der Waals surface area contributed by atoms with Crippen molar-refractivity contribution >= 4 is 0 Å². The zero-order valence-electron chi connectivity index (χ0n) is 54.8. The molecule has 4 aromatic rings.